The molecule has 0 saturated carbocycles. The molecule has 2 heterocycles. The van der Waals surface area contributed by atoms with Crippen LogP contribution >= 0.6 is 0 Å². The maximum Gasteiger partial charge on any atom is 0.335 e. The molecule has 2 aromatic rings. The molecule has 6 heteroatoms. The van der Waals surface area contributed by atoms with E-state index in [-0.39, 0.29) is 5.91 Å². The van der Waals surface area contributed by atoms with Gasteiger partial charge >= 0.3 is 5.97 Å². The molecule has 3 rings (SSSR count). The minimum absolute atomic E-state index is 0.0834. The van der Waals surface area contributed by atoms with Crippen LogP contribution in [0.3, 0.4) is 0 Å². The van der Waals surface area contributed by atoms with Crippen molar-refractivity contribution in [3.63, 3.8) is 0 Å². The molecule has 0 atom stereocenters. The van der Waals surface area contributed by atoms with Crippen molar-refractivity contribution in [1.82, 2.24) is 14.5 Å². The minimum Gasteiger partial charge on any atom is -0.478 e. The van der Waals surface area contributed by atoms with Gasteiger partial charge in [-0.2, -0.15) is 0 Å². The Morgan fingerprint density at radius 1 is 1.32 bits per heavy atom. The number of carbonyl (C=O) groups is 2. The summed E-state index contributed by atoms with van der Waals surface area (Å²) in [6, 6.07) is 5.26. The summed E-state index contributed by atoms with van der Waals surface area (Å²) in [6.45, 7) is 1.66. The van der Waals surface area contributed by atoms with Crippen molar-refractivity contribution in [3.05, 3.63) is 53.6 Å². The number of carboxylic acid groups (broad SMARTS) is 1. The van der Waals surface area contributed by atoms with Crippen molar-refractivity contribution in [3.8, 4) is 0 Å². The predicted molar refractivity (Wildman–Crippen MR) is 79.4 cm³/mol. The number of imidazole rings is 1. The number of hydrogen-bond donors (Lipinski definition) is 1. The van der Waals surface area contributed by atoms with Crippen LogP contribution in [0, 0.1) is 0 Å². The van der Waals surface area contributed by atoms with E-state index >= 15 is 0 Å². The second-order valence-electron chi connectivity index (χ2n) is 5.36. The van der Waals surface area contributed by atoms with Gasteiger partial charge in [0.2, 0.25) is 5.91 Å². The highest BCUT2D eigenvalue weighted by molar-refractivity contribution is 5.90. The number of fused-ring (bicyclic) bond motifs is 1. The second kappa shape index (κ2) is 6.01. The molecule has 1 aliphatic rings. The van der Waals surface area contributed by atoms with Crippen LogP contribution in [0.25, 0.3) is 0 Å². The number of amides is 1. The van der Waals surface area contributed by atoms with Crippen LogP contribution in [0.2, 0.25) is 0 Å². The molecule has 0 fully saturated rings. The van der Waals surface area contributed by atoms with Crippen molar-refractivity contribution in [2.24, 2.45) is 0 Å². The van der Waals surface area contributed by atoms with Crippen molar-refractivity contribution < 1.29 is 14.7 Å². The van der Waals surface area contributed by atoms with E-state index in [1.54, 1.807) is 29.6 Å². The summed E-state index contributed by atoms with van der Waals surface area (Å²) >= 11 is 0. The standard InChI is InChI=1S/C16H17N3O3/c20-15(5-7-18-9-6-17-11-18)19-8-4-13-12(10-19)2-1-3-14(13)16(21)22/h1-3,6,9,11H,4-5,7-8,10H2,(H,21,22). The Labute approximate surface area is 128 Å². The molecule has 0 aliphatic carbocycles. The first-order valence-corrected chi connectivity index (χ1v) is 7.22. The Morgan fingerprint density at radius 3 is 2.91 bits per heavy atom. The first kappa shape index (κ1) is 14.3. The Kier molecular flexibility index (Phi) is 3.91. The zero-order valence-corrected chi connectivity index (χ0v) is 12.1. The number of aromatic nitrogens is 2. The molecule has 0 radical (unpaired) electrons. The van der Waals surface area contributed by atoms with Crippen LogP contribution in [0.4, 0.5) is 0 Å². The van der Waals surface area contributed by atoms with E-state index in [0.29, 0.717) is 38.0 Å². The third-order valence-electron chi connectivity index (χ3n) is 3.99. The van der Waals surface area contributed by atoms with Crippen LogP contribution < -0.4 is 0 Å². The molecule has 0 saturated heterocycles. The summed E-state index contributed by atoms with van der Waals surface area (Å²) in [7, 11) is 0. The molecular weight excluding hydrogens is 282 g/mol. The van der Waals surface area contributed by atoms with Crippen LogP contribution in [0.15, 0.2) is 36.9 Å². The maximum absolute atomic E-state index is 12.3. The maximum atomic E-state index is 12.3. The molecule has 0 unspecified atom stereocenters. The molecule has 0 spiro atoms. The van der Waals surface area contributed by atoms with Gasteiger partial charge in [-0.05, 0) is 23.6 Å². The van der Waals surface area contributed by atoms with Crippen LogP contribution in [-0.4, -0.2) is 38.0 Å². The molecule has 1 amide bonds. The molecule has 1 aliphatic heterocycles. The average molecular weight is 299 g/mol. The van der Waals surface area contributed by atoms with E-state index in [0.717, 1.165) is 11.1 Å². The van der Waals surface area contributed by atoms with Gasteiger partial charge < -0.3 is 14.6 Å². The fourth-order valence-electron chi connectivity index (χ4n) is 2.82. The number of nitrogens with zero attached hydrogens (tertiary/aromatic N) is 3. The Balaban J connectivity index is 1.67. The first-order chi connectivity index (χ1) is 10.6. The summed E-state index contributed by atoms with van der Waals surface area (Å²) in [5, 5.41) is 9.22. The number of aryl methyl sites for hydroxylation is 1. The third kappa shape index (κ3) is 2.86. The van der Waals surface area contributed by atoms with E-state index < -0.39 is 5.97 Å². The van der Waals surface area contributed by atoms with Gasteiger partial charge in [-0.1, -0.05) is 12.1 Å². The zero-order valence-electron chi connectivity index (χ0n) is 12.1. The SMILES string of the molecule is O=C(O)c1cccc2c1CCN(C(=O)CCn1ccnc1)C2. The molecule has 1 aromatic heterocycles. The van der Waals surface area contributed by atoms with Crippen LogP contribution in [-0.2, 0) is 24.3 Å². The fraction of sp³-hybridized carbons (Fsp3) is 0.312. The molecular formula is C16H17N3O3. The summed E-state index contributed by atoms with van der Waals surface area (Å²) in [4.78, 5) is 29.3. The first-order valence-electron chi connectivity index (χ1n) is 7.22. The largest absolute Gasteiger partial charge is 0.478 e. The number of benzene rings is 1. The Hall–Kier alpha value is -2.63. The lowest BCUT2D eigenvalue weighted by atomic mass is 9.94. The topological polar surface area (TPSA) is 75.4 Å². The summed E-state index contributed by atoms with van der Waals surface area (Å²) < 4.78 is 1.87. The number of carbonyl (C=O) groups excluding carboxylic acids is 1. The Morgan fingerprint density at radius 2 is 2.18 bits per heavy atom. The second-order valence-corrected chi connectivity index (χ2v) is 5.36. The quantitative estimate of drug-likeness (QED) is 0.929. The smallest absolute Gasteiger partial charge is 0.335 e. The summed E-state index contributed by atoms with van der Waals surface area (Å²) in [5.74, 6) is -0.822. The number of aromatic carboxylic acids is 1. The van der Waals surface area contributed by atoms with E-state index in [1.807, 2.05) is 16.8 Å². The lowest BCUT2D eigenvalue weighted by Crippen LogP contribution is -2.37. The number of carboxylic acids is 1. The summed E-state index contributed by atoms with van der Waals surface area (Å²) in [5.41, 5.74) is 2.14. The van der Waals surface area contributed by atoms with Gasteiger partial charge in [-0.15, -0.1) is 0 Å². The zero-order chi connectivity index (χ0) is 15.5. The van der Waals surface area contributed by atoms with Gasteiger partial charge in [0, 0.05) is 38.4 Å². The molecule has 22 heavy (non-hydrogen) atoms. The molecule has 6 nitrogen and oxygen atoms in total. The van der Waals surface area contributed by atoms with Crippen molar-refractivity contribution in [1.29, 1.82) is 0 Å². The normalized spacial score (nSPS) is 13.7. The fourth-order valence-corrected chi connectivity index (χ4v) is 2.82. The lowest BCUT2D eigenvalue weighted by molar-refractivity contribution is -0.132. The number of rotatable bonds is 4. The van der Waals surface area contributed by atoms with Crippen molar-refractivity contribution in [2.75, 3.05) is 6.54 Å². The van der Waals surface area contributed by atoms with Crippen LogP contribution in [0.1, 0.15) is 27.9 Å². The summed E-state index contributed by atoms with van der Waals surface area (Å²) in [6.07, 6.45) is 6.23. The van der Waals surface area contributed by atoms with Crippen molar-refractivity contribution >= 4 is 11.9 Å². The van der Waals surface area contributed by atoms with Crippen LogP contribution in [0.5, 0.6) is 0 Å². The highest BCUT2D eigenvalue weighted by Crippen LogP contribution is 2.23. The van der Waals surface area contributed by atoms with Crippen molar-refractivity contribution in [2.45, 2.75) is 25.9 Å². The molecule has 1 N–H and O–H groups in total. The van der Waals surface area contributed by atoms with E-state index in [1.165, 1.54) is 0 Å². The van der Waals surface area contributed by atoms with E-state index in [4.69, 9.17) is 0 Å². The molecule has 0 bridgehead atoms. The minimum atomic E-state index is -0.906. The van der Waals surface area contributed by atoms with Gasteiger partial charge in [-0.3, -0.25) is 4.79 Å². The number of hydrogen-bond acceptors (Lipinski definition) is 3. The highest BCUT2D eigenvalue weighted by atomic mass is 16.4. The average Bonchev–Trinajstić information content (AvgIpc) is 3.04. The molecule has 1 aromatic carbocycles. The van der Waals surface area contributed by atoms with Gasteiger partial charge in [0.25, 0.3) is 0 Å². The van der Waals surface area contributed by atoms with Gasteiger partial charge in [0.15, 0.2) is 0 Å². The molecule has 114 valence electrons. The third-order valence-corrected chi connectivity index (χ3v) is 3.99. The monoisotopic (exact) mass is 299 g/mol. The highest BCUT2D eigenvalue weighted by Gasteiger charge is 2.23. The van der Waals surface area contributed by atoms with Gasteiger partial charge in [0.05, 0.1) is 11.9 Å². The Bertz CT molecular complexity index is 695. The lowest BCUT2D eigenvalue weighted by Gasteiger charge is -2.29. The van der Waals surface area contributed by atoms with Gasteiger partial charge in [-0.25, -0.2) is 9.78 Å². The predicted octanol–water partition coefficient (Wildman–Crippen LogP) is 1.56. The van der Waals surface area contributed by atoms with Gasteiger partial charge in [0.1, 0.15) is 0 Å². The van der Waals surface area contributed by atoms with E-state index in [9.17, 15) is 14.7 Å². The van der Waals surface area contributed by atoms with E-state index in [2.05, 4.69) is 4.98 Å².